The summed E-state index contributed by atoms with van der Waals surface area (Å²) in [5.41, 5.74) is 1.88. The quantitative estimate of drug-likeness (QED) is 0.733. The minimum Gasteiger partial charge on any atom is -0.343 e. The number of anilines is 2. The molecule has 0 saturated carbocycles. The number of rotatable bonds is 5. The number of benzene rings is 2. The van der Waals surface area contributed by atoms with Crippen LogP contribution in [0.2, 0.25) is 0 Å². The number of urea groups is 1. The summed E-state index contributed by atoms with van der Waals surface area (Å²) >= 11 is 0. The fraction of sp³-hybridized carbons (Fsp3) is 0.211. The topological polar surface area (TPSA) is 90.5 Å². The van der Waals surface area contributed by atoms with Crippen LogP contribution in [-0.4, -0.2) is 37.5 Å². The van der Waals surface area contributed by atoms with Gasteiger partial charge in [-0.2, -0.15) is 0 Å². The van der Waals surface area contributed by atoms with Crippen molar-refractivity contribution in [2.45, 2.75) is 6.92 Å². The van der Waals surface area contributed by atoms with Crippen molar-refractivity contribution in [1.29, 1.82) is 0 Å². The van der Waals surface area contributed by atoms with Gasteiger partial charge in [-0.05, 0) is 42.8 Å². The summed E-state index contributed by atoms with van der Waals surface area (Å²) in [6, 6.07) is 7.65. The van der Waals surface area contributed by atoms with E-state index in [1.54, 1.807) is 30.0 Å². The summed E-state index contributed by atoms with van der Waals surface area (Å²) in [7, 11) is 0. The van der Waals surface area contributed by atoms with Crippen molar-refractivity contribution < 1.29 is 23.2 Å². The van der Waals surface area contributed by atoms with Crippen LogP contribution in [0.25, 0.3) is 0 Å². The lowest BCUT2D eigenvalue weighted by molar-refractivity contribution is -0.115. The van der Waals surface area contributed by atoms with Gasteiger partial charge in [0.1, 0.15) is 0 Å². The maximum Gasteiger partial charge on any atom is 0.322 e. The number of aryl methyl sites for hydroxylation is 1. The molecule has 1 fully saturated rings. The Hall–Kier alpha value is -3.49. The smallest absolute Gasteiger partial charge is 0.322 e. The third kappa shape index (κ3) is 4.25. The Bertz CT molecular complexity index is 949. The molecule has 1 aliphatic heterocycles. The molecular weight excluding hydrogens is 370 g/mol. The predicted molar refractivity (Wildman–Crippen MR) is 99.2 cm³/mol. The molecule has 0 bridgehead atoms. The fourth-order valence-electron chi connectivity index (χ4n) is 2.84. The second kappa shape index (κ2) is 8.03. The number of halogens is 2. The molecule has 3 N–H and O–H groups in total. The lowest BCUT2D eigenvalue weighted by atomic mass is 10.1. The number of carbonyl (C=O) groups excluding carboxylic acids is 3. The van der Waals surface area contributed by atoms with Crippen LogP contribution in [0.5, 0.6) is 0 Å². The highest BCUT2D eigenvalue weighted by Crippen LogP contribution is 2.22. The summed E-state index contributed by atoms with van der Waals surface area (Å²) in [4.78, 5) is 37.5. The largest absolute Gasteiger partial charge is 0.343 e. The Morgan fingerprint density at radius 2 is 1.93 bits per heavy atom. The highest BCUT2D eigenvalue weighted by Gasteiger charge is 2.23. The van der Waals surface area contributed by atoms with Gasteiger partial charge in [-0.25, -0.2) is 13.6 Å². The minimum atomic E-state index is -1.08. The van der Waals surface area contributed by atoms with Gasteiger partial charge in [-0.3, -0.25) is 14.5 Å². The van der Waals surface area contributed by atoms with E-state index in [9.17, 15) is 23.2 Å². The number of hydrogen-bond acceptors (Lipinski definition) is 3. The molecular formula is C19H18F2N4O3. The molecule has 1 heterocycles. The number of amides is 4. The zero-order valence-corrected chi connectivity index (χ0v) is 15.0. The van der Waals surface area contributed by atoms with Crippen molar-refractivity contribution in [2.75, 3.05) is 29.9 Å². The molecule has 28 heavy (non-hydrogen) atoms. The van der Waals surface area contributed by atoms with Crippen LogP contribution in [0.15, 0.2) is 36.4 Å². The SMILES string of the molecule is Cc1cc(C(=O)NCC(=O)Nc2ccc(F)c(F)c2)ccc1N1CCNC1=O. The van der Waals surface area contributed by atoms with Crippen molar-refractivity contribution in [3.63, 3.8) is 0 Å². The molecule has 0 radical (unpaired) electrons. The first-order chi connectivity index (χ1) is 13.3. The average molecular weight is 388 g/mol. The van der Waals surface area contributed by atoms with Crippen molar-refractivity contribution in [3.05, 3.63) is 59.2 Å². The number of hydrogen-bond donors (Lipinski definition) is 3. The maximum atomic E-state index is 13.1. The molecule has 0 aliphatic carbocycles. The Kier molecular flexibility index (Phi) is 5.53. The molecule has 7 nitrogen and oxygen atoms in total. The second-order valence-corrected chi connectivity index (χ2v) is 6.24. The molecule has 0 aromatic heterocycles. The van der Waals surface area contributed by atoms with Crippen LogP contribution >= 0.6 is 0 Å². The first-order valence-electron chi connectivity index (χ1n) is 8.54. The molecule has 146 valence electrons. The van der Waals surface area contributed by atoms with E-state index < -0.39 is 23.4 Å². The van der Waals surface area contributed by atoms with Gasteiger partial charge in [0.05, 0.1) is 6.54 Å². The molecule has 0 atom stereocenters. The summed E-state index contributed by atoms with van der Waals surface area (Å²) in [5.74, 6) is -3.15. The van der Waals surface area contributed by atoms with Gasteiger partial charge in [-0.1, -0.05) is 0 Å². The fourth-order valence-corrected chi connectivity index (χ4v) is 2.84. The first-order valence-corrected chi connectivity index (χ1v) is 8.54. The normalized spacial score (nSPS) is 13.2. The molecule has 9 heteroatoms. The van der Waals surface area contributed by atoms with Crippen molar-refractivity contribution in [3.8, 4) is 0 Å². The summed E-state index contributed by atoms with van der Waals surface area (Å²) < 4.78 is 26.0. The maximum absolute atomic E-state index is 13.1. The highest BCUT2D eigenvalue weighted by atomic mass is 19.2. The van der Waals surface area contributed by atoms with E-state index in [1.807, 2.05) is 0 Å². The van der Waals surface area contributed by atoms with Gasteiger partial charge in [0.2, 0.25) is 5.91 Å². The van der Waals surface area contributed by atoms with Crippen molar-refractivity contribution >= 4 is 29.2 Å². The zero-order chi connectivity index (χ0) is 20.3. The monoisotopic (exact) mass is 388 g/mol. The van der Waals surface area contributed by atoms with Crippen LogP contribution in [-0.2, 0) is 4.79 Å². The number of nitrogens with one attached hydrogen (secondary N) is 3. The van der Waals surface area contributed by atoms with Crippen LogP contribution in [0.3, 0.4) is 0 Å². The lowest BCUT2D eigenvalue weighted by Gasteiger charge is -2.17. The van der Waals surface area contributed by atoms with Gasteiger partial charge in [-0.15, -0.1) is 0 Å². The van der Waals surface area contributed by atoms with Crippen molar-refractivity contribution in [2.24, 2.45) is 0 Å². The molecule has 1 aliphatic rings. The Morgan fingerprint density at radius 3 is 2.57 bits per heavy atom. The van der Waals surface area contributed by atoms with Crippen LogP contribution in [0, 0.1) is 18.6 Å². The molecule has 2 aromatic carbocycles. The molecule has 2 aromatic rings. The van der Waals surface area contributed by atoms with Gasteiger partial charge in [0.25, 0.3) is 5.91 Å². The van der Waals surface area contributed by atoms with Gasteiger partial charge >= 0.3 is 6.03 Å². The van der Waals surface area contributed by atoms with E-state index in [-0.39, 0.29) is 18.3 Å². The first kappa shape index (κ1) is 19.3. The van der Waals surface area contributed by atoms with E-state index >= 15 is 0 Å². The average Bonchev–Trinajstić information content (AvgIpc) is 3.08. The van der Waals surface area contributed by atoms with E-state index in [0.29, 0.717) is 24.3 Å². The predicted octanol–water partition coefficient (Wildman–Crippen LogP) is 2.17. The van der Waals surface area contributed by atoms with Gasteiger partial charge in [0.15, 0.2) is 11.6 Å². The molecule has 0 spiro atoms. The molecule has 0 unspecified atom stereocenters. The minimum absolute atomic E-state index is 0.0854. The van der Waals surface area contributed by atoms with E-state index in [4.69, 9.17) is 0 Å². The van der Waals surface area contributed by atoms with E-state index in [1.165, 1.54) is 6.07 Å². The Balaban J connectivity index is 1.58. The van der Waals surface area contributed by atoms with Crippen molar-refractivity contribution in [1.82, 2.24) is 10.6 Å². The highest BCUT2D eigenvalue weighted by molar-refractivity contribution is 6.00. The number of nitrogens with zero attached hydrogens (tertiary/aromatic N) is 1. The van der Waals surface area contributed by atoms with Crippen LogP contribution in [0.4, 0.5) is 25.0 Å². The number of carbonyl (C=O) groups is 3. The van der Waals surface area contributed by atoms with Gasteiger partial charge in [0, 0.05) is 36.1 Å². The third-order valence-electron chi connectivity index (χ3n) is 4.22. The van der Waals surface area contributed by atoms with E-state index in [2.05, 4.69) is 16.0 Å². The molecule has 3 rings (SSSR count). The van der Waals surface area contributed by atoms with E-state index in [0.717, 1.165) is 17.7 Å². The second-order valence-electron chi connectivity index (χ2n) is 6.24. The molecule has 1 saturated heterocycles. The Morgan fingerprint density at radius 1 is 1.14 bits per heavy atom. The Labute approximate surface area is 159 Å². The standard InChI is InChI=1S/C19H18F2N4O3/c1-11-8-12(2-5-16(11)25-7-6-22-19(25)28)18(27)23-10-17(26)24-13-3-4-14(20)15(21)9-13/h2-5,8-9H,6-7,10H2,1H3,(H,22,28)(H,23,27)(H,24,26). The van der Waals surface area contributed by atoms with Crippen LogP contribution < -0.4 is 20.9 Å². The summed E-state index contributed by atoms with van der Waals surface area (Å²) in [6.07, 6.45) is 0. The summed E-state index contributed by atoms with van der Waals surface area (Å²) in [6.45, 7) is 2.56. The van der Waals surface area contributed by atoms with Crippen LogP contribution in [0.1, 0.15) is 15.9 Å². The third-order valence-corrected chi connectivity index (χ3v) is 4.22. The zero-order valence-electron chi connectivity index (χ0n) is 15.0. The molecule has 4 amide bonds. The summed E-state index contributed by atoms with van der Waals surface area (Å²) in [5, 5.41) is 7.54. The van der Waals surface area contributed by atoms with Gasteiger partial charge < -0.3 is 16.0 Å². The lowest BCUT2D eigenvalue weighted by Crippen LogP contribution is -2.33.